The van der Waals surface area contributed by atoms with Crippen molar-refractivity contribution >= 4 is 11.9 Å². The first-order valence-corrected chi connectivity index (χ1v) is 6.54. The zero-order chi connectivity index (χ0) is 15.3. The van der Waals surface area contributed by atoms with Crippen LogP contribution in [0.5, 0.6) is 5.75 Å². The minimum Gasteiger partial charge on any atom is -0.497 e. The van der Waals surface area contributed by atoms with Gasteiger partial charge in [-0.25, -0.2) is 0 Å². The van der Waals surface area contributed by atoms with E-state index in [4.69, 9.17) is 9.84 Å². The van der Waals surface area contributed by atoms with Crippen LogP contribution in [0.1, 0.15) is 31.1 Å². The molecule has 0 aliphatic rings. The molecule has 1 aromatic carbocycles. The maximum absolute atomic E-state index is 12.4. The van der Waals surface area contributed by atoms with Crippen LogP contribution in [0.2, 0.25) is 0 Å². The molecule has 0 fully saturated rings. The highest BCUT2D eigenvalue weighted by Gasteiger charge is 2.23. The number of hydrogen-bond donors (Lipinski definition) is 1. The van der Waals surface area contributed by atoms with Crippen molar-refractivity contribution in [3.8, 4) is 5.75 Å². The van der Waals surface area contributed by atoms with Gasteiger partial charge in [0, 0.05) is 18.2 Å². The molecule has 1 unspecified atom stereocenters. The molecule has 0 aliphatic carbocycles. The number of hydrogen-bond acceptors (Lipinski definition) is 3. The van der Waals surface area contributed by atoms with Crippen LogP contribution >= 0.6 is 0 Å². The van der Waals surface area contributed by atoms with Crippen molar-refractivity contribution in [1.29, 1.82) is 0 Å². The normalized spacial score (nSPS) is 12.1. The van der Waals surface area contributed by atoms with E-state index in [2.05, 4.69) is 0 Å². The van der Waals surface area contributed by atoms with Crippen molar-refractivity contribution in [3.05, 3.63) is 29.8 Å². The highest BCUT2D eigenvalue weighted by atomic mass is 16.5. The van der Waals surface area contributed by atoms with Gasteiger partial charge in [0.15, 0.2) is 0 Å². The summed E-state index contributed by atoms with van der Waals surface area (Å²) in [6.45, 7) is 5.53. The number of ether oxygens (including phenoxy) is 1. The molecule has 0 aliphatic heterocycles. The summed E-state index contributed by atoms with van der Waals surface area (Å²) in [5, 5.41) is 8.98. The molecule has 1 rings (SSSR count). The number of nitrogens with zero attached hydrogens (tertiary/aromatic N) is 1. The standard InChI is InChI=1S/C15H21NO4/c1-10(2)16(9-11(3)15(18)19)14(17)12-5-7-13(20-4)8-6-12/h5-8,10-11H,9H2,1-4H3,(H,18,19). The summed E-state index contributed by atoms with van der Waals surface area (Å²) in [4.78, 5) is 25.0. The Morgan fingerprint density at radius 1 is 1.20 bits per heavy atom. The number of amides is 1. The second kappa shape index (κ2) is 6.93. The van der Waals surface area contributed by atoms with Gasteiger partial charge in [-0.2, -0.15) is 0 Å². The number of rotatable bonds is 6. The van der Waals surface area contributed by atoms with Crippen molar-refractivity contribution in [1.82, 2.24) is 4.90 Å². The van der Waals surface area contributed by atoms with Gasteiger partial charge in [0.2, 0.25) is 0 Å². The third kappa shape index (κ3) is 3.98. The topological polar surface area (TPSA) is 66.8 Å². The van der Waals surface area contributed by atoms with E-state index in [0.29, 0.717) is 11.3 Å². The molecule has 110 valence electrons. The number of methoxy groups -OCH3 is 1. The molecular weight excluding hydrogens is 258 g/mol. The largest absolute Gasteiger partial charge is 0.497 e. The van der Waals surface area contributed by atoms with Gasteiger partial charge in [0.05, 0.1) is 13.0 Å². The van der Waals surface area contributed by atoms with E-state index < -0.39 is 11.9 Å². The highest BCUT2D eigenvalue weighted by Crippen LogP contribution is 2.15. The van der Waals surface area contributed by atoms with E-state index in [9.17, 15) is 9.59 Å². The first-order chi connectivity index (χ1) is 9.36. The van der Waals surface area contributed by atoms with Crippen molar-refractivity contribution in [3.63, 3.8) is 0 Å². The maximum atomic E-state index is 12.4. The number of carbonyl (C=O) groups excluding carboxylic acids is 1. The zero-order valence-electron chi connectivity index (χ0n) is 12.3. The average molecular weight is 279 g/mol. The summed E-state index contributed by atoms with van der Waals surface area (Å²) < 4.78 is 5.05. The molecule has 0 heterocycles. The smallest absolute Gasteiger partial charge is 0.308 e. The van der Waals surface area contributed by atoms with Crippen LogP contribution in [0.3, 0.4) is 0 Å². The lowest BCUT2D eigenvalue weighted by Crippen LogP contribution is -2.41. The van der Waals surface area contributed by atoms with Crippen LogP contribution < -0.4 is 4.74 Å². The lowest BCUT2D eigenvalue weighted by atomic mass is 10.1. The minimum atomic E-state index is -0.904. The summed E-state index contributed by atoms with van der Waals surface area (Å²) >= 11 is 0. The fourth-order valence-corrected chi connectivity index (χ4v) is 1.80. The van der Waals surface area contributed by atoms with Gasteiger partial charge in [0.1, 0.15) is 5.75 Å². The number of aliphatic carboxylic acids is 1. The van der Waals surface area contributed by atoms with Gasteiger partial charge in [-0.3, -0.25) is 9.59 Å². The zero-order valence-corrected chi connectivity index (χ0v) is 12.3. The minimum absolute atomic E-state index is 0.0635. The monoisotopic (exact) mass is 279 g/mol. The lowest BCUT2D eigenvalue weighted by Gasteiger charge is -2.28. The number of carbonyl (C=O) groups is 2. The van der Waals surface area contributed by atoms with Crippen LogP contribution in [0.25, 0.3) is 0 Å². The van der Waals surface area contributed by atoms with E-state index in [1.165, 1.54) is 0 Å². The molecule has 5 heteroatoms. The number of carboxylic acid groups (broad SMARTS) is 1. The van der Waals surface area contributed by atoms with Crippen LogP contribution in [0.4, 0.5) is 0 Å². The Labute approximate surface area is 119 Å². The van der Waals surface area contributed by atoms with Crippen LogP contribution in [0.15, 0.2) is 24.3 Å². The van der Waals surface area contributed by atoms with E-state index >= 15 is 0 Å². The SMILES string of the molecule is COc1ccc(C(=O)N(CC(C)C(=O)O)C(C)C)cc1. The summed E-state index contributed by atoms with van der Waals surface area (Å²) in [7, 11) is 1.56. The van der Waals surface area contributed by atoms with Crippen LogP contribution in [-0.4, -0.2) is 41.6 Å². The van der Waals surface area contributed by atoms with E-state index in [1.807, 2.05) is 13.8 Å². The van der Waals surface area contributed by atoms with Gasteiger partial charge >= 0.3 is 5.97 Å². The molecule has 1 aromatic rings. The Balaban J connectivity index is 2.90. The van der Waals surface area contributed by atoms with E-state index in [0.717, 1.165) is 0 Å². The Morgan fingerprint density at radius 3 is 2.15 bits per heavy atom. The predicted octanol–water partition coefficient (Wildman–Crippen LogP) is 2.27. The van der Waals surface area contributed by atoms with Gasteiger partial charge in [-0.15, -0.1) is 0 Å². The molecule has 5 nitrogen and oxygen atoms in total. The van der Waals surface area contributed by atoms with Gasteiger partial charge in [-0.1, -0.05) is 6.92 Å². The quantitative estimate of drug-likeness (QED) is 0.867. The summed E-state index contributed by atoms with van der Waals surface area (Å²) in [6, 6.07) is 6.73. The van der Waals surface area contributed by atoms with Gasteiger partial charge in [0.25, 0.3) is 5.91 Å². The maximum Gasteiger partial charge on any atom is 0.308 e. The number of carboxylic acids is 1. The average Bonchev–Trinajstić information content (AvgIpc) is 2.43. The highest BCUT2D eigenvalue weighted by molar-refractivity contribution is 5.94. The lowest BCUT2D eigenvalue weighted by molar-refractivity contribution is -0.141. The first-order valence-electron chi connectivity index (χ1n) is 6.54. The molecule has 0 saturated heterocycles. The Kier molecular flexibility index (Phi) is 5.55. The van der Waals surface area contributed by atoms with E-state index in [1.54, 1.807) is 43.2 Å². The van der Waals surface area contributed by atoms with Crippen LogP contribution in [-0.2, 0) is 4.79 Å². The summed E-state index contributed by atoms with van der Waals surface area (Å²) in [5.41, 5.74) is 0.525. The molecule has 0 saturated carbocycles. The summed E-state index contributed by atoms with van der Waals surface area (Å²) in [5.74, 6) is -0.995. The third-order valence-corrected chi connectivity index (χ3v) is 3.11. The number of benzene rings is 1. The second-order valence-electron chi connectivity index (χ2n) is 5.02. The van der Waals surface area contributed by atoms with Crippen molar-refractivity contribution in [2.24, 2.45) is 5.92 Å². The van der Waals surface area contributed by atoms with Crippen molar-refractivity contribution < 1.29 is 19.4 Å². The van der Waals surface area contributed by atoms with Gasteiger partial charge in [-0.05, 0) is 38.1 Å². The third-order valence-electron chi connectivity index (χ3n) is 3.11. The fraction of sp³-hybridized carbons (Fsp3) is 0.467. The van der Waals surface area contributed by atoms with Crippen LogP contribution in [0, 0.1) is 5.92 Å². The molecule has 0 radical (unpaired) electrons. The van der Waals surface area contributed by atoms with E-state index in [-0.39, 0.29) is 18.5 Å². The molecule has 0 spiro atoms. The molecular formula is C15H21NO4. The Bertz CT molecular complexity index is 467. The Hall–Kier alpha value is -2.04. The van der Waals surface area contributed by atoms with Gasteiger partial charge < -0.3 is 14.7 Å². The van der Waals surface area contributed by atoms with Crippen molar-refractivity contribution in [2.45, 2.75) is 26.8 Å². The van der Waals surface area contributed by atoms with Crippen molar-refractivity contribution in [2.75, 3.05) is 13.7 Å². The predicted molar refractivity (Wildman–Crippen MR) is 76.0 cm³/mol. The Morgan fingerprint density at radius 2 is 1.75 bits per heavy atom. The molecule has 1 N–H and O–H groups in total. The molecule has 0 aromatic heterocycles. The fourth-order valence-electron chi connectivity index (χ4n) is 1.80. The molecule has 1 amide bonds. The first kappa shape index (κ1) is 16.0. The second-order valence-corrected chi connectivity index (χ2v) is 5.02. The summed E-state index contributed by atoms with van der Waals surface area (Å²) in [6.07, 6.45) is 0. The molecule has 1 atom stereocenters. The molecule has 0 bridgehead atoms. The molecule has 20 heavy (non-hydrogen) atoms.